The maximum absolute atomic E-state index is 12.6. The molecule has 0 spiro atoms. The maximum Gasteiger partial charge on any atom is 0.170 e. The van der Waals surface area contributed by atoms with Gasteiger partial charge in [-0.15, -0.1) is 0 Å². The molecule has 0 aliphatic rings. The first-order valence-electron chi connectivity index (χ1n) is 13.6. The van der Waals surface area contributed by atoms with Crippen LogP contribution in [0.1, 0.15) is 134 Å². The van der Waals surface area contributed by atoms with Crippen LogP contribution in [0.25, 0.3) is 5.65 Å². The number of unbranched alkanes of at least 4 members (excludes halogenated alkanes) is 15. The van der Waals surface area contributed by atoms with Crippen LogP contribution in [-0.2, 0) is 9.84 Å². The Morgan fingerprint density at radius 2 is 1.32 bits per heavy atom. The molecule has 1 N–H and O–H groups in total. The summed E-state index contributed by atoms with van der Waals surface area (Å²) in [5.41, 5.74) is 1.33. The van der Waals surface area contributed by atoms with Gasteiger partial charge < -0.3 is 0 Å². The molecule has 2 rings (SSSR count). The molecule has 0 saturated heterocycles. The first kappa shape index (κ1) is 29.2. The van der Waals surface area contributed by atoms with Gasteiger partial charge in [-0.2, -0.15) is 14.7 Å². The van der Waals surface area contributed by atoms with Gasteiger partial charge in [-0.25, -0.2) is 8.42 Å². The summed E-state index contributed by atoms with van der Waals surface area (Å²) in [5.74, 6) is 0.709. The van der Waals surface area contributed by atoms with Gasteiger partial charge in [0.05, 0.1) is 17.2 Å². The number of fused-ring (bicyclic) bond motifs is 1. The smallest absolute Gasteiger partial charge is 0.170 e. The normalized spacial score (nSPS) is 13.2. The van der Waals surface area contributed by atoms with Gasteiger partial charge in [-0.1, -0.05) is 122 Å². The summed E-state index contributed by atoms with van der Waals surface area (Å²) >= 11 is 6.20. The number of aromatic nitrogens is 4. The van der Waals surface area contributed by atoms with Gasteiger partial charge in [-0.3, -0.25) is 5.10 Å². The molecule has 8 heteroatoms. The number of nitrogens with one attached hydrogen (secondary N) is 1. The fourth-order valence-corrected chi connectivity index (χ4v) is 6.54. The monoisotopic (exact) mass is 514 g/mol. The second kappa shape index (κ2) is 15.8. The molecule has 0 aliphatic heterocycles. The van der Waals surface area contributed by atoms with Crippen molar-refractivity contribution in [2.75, 3.05) is 11.5 Å². The lowest BCUT2D eigenvalue weighted by Crippen LogP contribution is -2.18. The third kappa shape index (κ3) is 10.3. The molecule has 2 aromatic heterocycles. The van der Waals surface area contributed by atoms with E-state index >= 15 is 0 Å². The van der Waals surface area contributed by atoms with E-state index in [1.165, 1.54) is 83.5 Å². The van der Waals surface area contributed by atoms with Crippen LogP contribution in [0, 0.1) is 6.92 Å². The van der Waals surface area contributed by atoms with Gasteiger partial charge in [0.25, 0.3) is 0 Å². The van der Waals surface area contributed by atoms with Crippen LogP contribution >= 0.6 is 11.6 Å². The first-order valence-corrected chi connectivity index (χ1v) is 15.8. The molecule has 6 nitrogen and oxygen atoms in total. The van der Waals surface area contributed by atoms with E-state index in [1.807, 2.05) is 13.8 Å². The Balaban J connectivity index is 1.48. The summed E-state index contributed by atoms with van der Waals surface area (Å²) in [6.45, 7) is 5.98. The summed E-state index contributed by atoms with van der Waals surface area (Å²) in [7, 11) is -3.13. The van der Waals surface area contributed by atoms with E-state index < -0.39 is 9.84 Å². The Morgan fingerprint density at radius 3 is 1.82 bits per heavy atom. The Kier molecular flexibility index (Phi) is 13.6. The number of sulfone groups is 1. The first-order chi connectivity index (χ1) is 16.4. The summed E-state index contributed by atoms with van der Waals surface area (Å²) in [5, 5.41) is 12.0. The van der Waals surface area contributed by atoms with Crippen molar-refractivity contribution in [1.82, 2.24) is 19.8 Å². The van der Waals surface area contributed by atoms with Crippen LogP contribution in [-0.4, -0.2) is 39.7 Å². The minimum Gasteiger partial charge on any atom is -0.258 e. The van der Waals surface area contributed by atoms with Crippen LogP contribution in [0.2, 0.25) is 5.02 Å². The van der Waals surface area contributed by atoms with E-state index in [-0.39, 0.29) is 17.4 Å². The van der Waals surface area contributed by atoms with Crippen molar-refractivity contribution in [1.29, 1.82) is 0 Å². The van der Waals surface area contributed by atoms with Crippen molar-refractivity contribution >= 4 is 27.1 Å². The summed E-state index contributed by atoms with van der Waals surface area (Å²) in [6.07, 6.45) is 20.6. The van der Waals surface area contributed by atoms with E-state index in [9.17, 15) is 8.42 Å². The van der Waals surface area contributed by atoms with Gasteiger partial charge in [0.1, 0.15) is 5.02 Å². The number of rotatable bonds is 20. The molecule has 2 aromatic rings. The molecule has 0 bridgehead atoms. The number of aryl methyl sites for hydroxylation is 1. The number of hydrogen-bond acceptors (Lipinski definition) is 4. The van der Waals surface area contributed by atoms with Gasteiger partial charge in [0, 0.05) is 5.92 Å². The lowest BCUT2D eigenvalue weighted by atomic mass is 10.0. The average molecular weight is 515 g/mol. The van der Waals surface area contributed by atoms with Crippen LogP contribution in [0.4, 0.5) is 0 Å². The standard InChI is InChI=1S/C26H47ClN4O2S/c1-4-5-6-7-8-9-10-11-12-13-14-15-16-17-18-19-20-34(32,33)21-22(2)25-28-29-26-24(27)23(3)30-31(25)26/h22,29H,4-21H2,1-3H3. The van der Waals surface area contributed by atoms with Gasteiger partial charge in [0.15, 0.2) is 21.3 Å². The Hall–Kier alpha value is -1.08. The third-order valence-electron chi connectivity index (χ3n) is 6.73. The third-order valence-corrected chi connectivity index (χ3v) is 9.11. The quantitative estimate of drug-likeness (QED) is 0.183. The topological polar surface area (TPSA) is 80.1 Å². The van der Waals surface area contributed by atoms with E-state index in [0.717, 1.165) is 19.3 Å². The number of aromatic amines is 1. The molecule has 1 atom stereocenters. The van der Waals surface area contributed by atoms with E-state index in [1.54, 1.807) is 4.52 Å². The number of nitrogens with zero attached hydrogens (tertiary/aromatic N) is 3. The van der Waals surface area contributed by atoms with Crippen molar-refractivity contribution in [3.63, 3.8) is 0 Å². The predicted octanol–water partition coefficient (Wildman–Crippen LogP) is 7.80. The Bertz CT molecular complexity index is 923. The molecule has 0 fully saturated rings. The second-order valence-electron chi connectivity index (χ2n) is 10.1. The molecule has 2 heterocycles. The SMILES string of the molecule is CCCCCCCCCCCCCCCCCCS(=O)(=O)CC(C)c1n[nH]c2c(Cl)c(C)nn12. The summed E-state index contributed by atoms with van der Waals surface area (Å²) in [6, 6.07) is 0. The fraction of sp³-hybridized carbons (Fsp3) is 0.846. The van der Waals surface area contributed by atoms with Crippen molar-refractivity contribution in [2.24, 2.45) is 0 Å². The molecule has 34 heavy (non-hydrogen) atoms. The van der Waals surface area contributed by atoms with Gasteiger partial charge in [-0.05, 0) is 13.3 Å². The van der Waals surface area contributed by atoms with Crippen molar-refractivity contribution in [2.45, 2.75) is 129 Å². The molecule has 196 valence electrons. The number of hydrogen-bond donors (Lipinski definition) is 1. The zero-order valence-corrected chi connectivity index (χ0v) is 23.3. The van der Waals surface area contributed by atoms with E-state index in [4.69, 9.17) is 11.6 Å². The largest absolute Gasteiger partial charge is 0.258 e. The van der Waals surface area contributed by atoms with Crippen molar-refractivity contribution in [3.8, 4) is 0 Å². The highest BCUT2D eigenvalue weighted by molar-refractivity contribution is 7.91. The zero-order valence-electron chi connectivity index (χ0n) is 21.7. The minimum atomic E-state index is -3.13. The highest BCUT2D eigenvalue weighted by atomic mass is 35.5. The van der Waals surface area contributed by atoms with Crippen molar-refractivity contribution in [3.05, 3.63) is 16.5 Å². The molecular formula is C26H47ClN4O2S. The van der Waals surface area contributed by atoms with E-state index in [2.05, 4.69) is 22.2 Å². The van der Waals surface area contributed by atoms with E-state index in [0.29, 0.717) is 22.2 Å². The molecule has 1 unspecified atom stereocenters. The zero-order chi connectivity index (χ0) is 24.8. The van der Waals surface area contributed by atoms with Gasteiger partial charge >= 0.3 is 0 Å². The Labute approximate surface area is 212 Å². The highest BCUT2D eigenvalue weighted by Gasteiger charge is 2.23. The Morgan fingerprint density at radius 1 is 0.853 bits per heavy atom. The molecule has 0 radical (unpaired) electrons. The maximum atomic E-state index is 12.6. The molecule has 0 saturated carbocycles. The minimum absolute atomic E-state index is 0.0855. The lowest BCUT2D eigenvalue weighted by molar-refractivity contribution is 0.530. The predicted molar refractivity (Wildman–Crippen MR) is 144 cm³/mol. The van der Waals surface area contributed by atoms with Crippen molar-refractivity contribution < 1.29 is 8.42 Å². The molecule has 0 aliphatic carbocycles. The second-order valence-corrected chi connectivity index (χ2v) is 12.7. The number of H-pyrrole nitrogens is 1. The molecule has 0 aromatic carbocycles. The van der Waals surface area contributed by atoms with Crippen LogP contribution in [0.15, 0.2) is 0 Å². The van der Waals surface area contributed by atoms with Gasteiger partial charge in [0.2, 0.25) is 0 Å². The fourth-order valence-electron chi connectivity index (χ4n) is 4.66. The molecule has 0 amide bonds. The van der Waals surface area contributed by atoms with Crippen LogP contribution in [0.5, 0.6) is 0 Å². The summed E-state index contributed by atoms with van der Waals surface area (Å²) in [4.78, 5) is 0. The lowest BCUT2D eigenvalue weighted by Gasteiger charge is -2.10. The average Bonchev–Trinajstić information content (AvgIpc) is 3.32. The summed E-state index contributed by atoms with van der Waals surface area (Å²) < 4.78 is 26.8. The van der Waals surface area contributed by atoms with Crippen LogP contribution in [0.3, 0.4) is 0 Å². The highest BCUT2D eigenvalue weighted by Crippen LogP contribution is 2.24. The number of halogens is 1. The van der Waals surface area contributed by atoms with Crippen LogP contribution < -0.4 is 0 Å². The molecular weight excluding hydrogens is 468 g/mol.